The van der Waals surface area contributed by atoms with Gasteiger partial charge in [0.25, 0.3) is 5.56 Å². The number of hydrogen-bond acceptors (Lipinski definition) is 5. The number of carbonyl (C=O) groups excluding carboxylic acids is 1. The van der Waals surface area contributed by atoms with Gasteiger partial charge in [-0.25, -0.2) is 9.59 Å². The second-order valence-electron chi connectivity index (χ2n) is 5.90. The lowest BCUT2D eigenvalue weighted by Crippen LogP contribution is -2.34. The molecule has 1 aliphatic heterocycles. The van der Waals surface area contributed by atoms with E-state index in [0.29, 0.717) is 5.70 Å². The molecule has 2 heterocycles. The highest BCUT2D eigenvalue weighted by Crippen LogP contribution is 2.40. The summed E-state index contributed by atoms with van der Waals surface area (Å²) in [5.74, 6) is -1.70. The number of methoxy groups -OCH3 is 1. The van der Waals surface area contributed by atoms with E-state index in [-0.39, 0.29) is 22.5 Å². The maximum atomic E-state index is 12.8. The van der Waals surface area contributed by atoms with Gasteiger partial charge in [-0.2, -0.15) is 13.2 Å². The Bertz CT molecular complexity index is 1050. The van der Waals surface area contributed by atoms with E-state index in [4.69, 9.17) is 4.74 Å². The monoisotopic (exact) mass is 381 g/mol. The van der Waals surface area contributed by atoms with Gasteiger partial charge in [-0.3, -0.25) is 14.8 Å². The number of aromatic amines is 2. The van der Waals surface area contributed by atoms with Crippen LogP contribution in [-0.2, 0) is 15.7 Å². The van der Waals surface area contributed by atoms with E-state index in [2.05, 4.69) is 15.3 Å². The van der Waals surface area contributed by atoms with E-state index < -0.39 is 34.9 Å². The normalized spacial score (nSPS) is 16.6. The molecule has 0 aliphatic carbocycles. The van der Waals surface area contributed by atoms with E-state index in [1.165, 1.54) is 19.1 Å². The molecule has 7 nitrogen and oxygen atoms in total. The lowest BCUT2D eigenvalue weighted by Gasteiger charge is -2.28. The predicted octanol–water partition coefficient (Wildman–Crippen LogP) is 2.09. The highest BCUT2D eigenvalue weighted by molar-refractivity contribution is 5.94. The van der Waals surface area contributed by atoms with Crippen LogP contribution < -0.4 is 16.6 Å². The second kappa shape index (κ2) is 6.45. The fourth-order valence-electron chi connectivity index (χ4n) is 3.06. The molecule has 0 unspecified atom stereocenters. The lowest BCUT2D eigenvalue weighted by molar-refractivity contribution is -0.138. The molecule has 1 aromatic carbocycles. The maximum Gasteiger partial charge on any atom is 0.416 e. The van der Waals surface area contributed by atoms with Crippen molar-refractivity contribution in [2.24, 2.45) is 0 Å². The van der Waals surface area contributed by atoms with E-state index in [9.17, 15) is 27.6 Å². The highest BCUT2D eigenvalue weighted by Gasteiger charge is 2.36. The molecule has 3 rings (SSSR count). The molecule has 0 amide bonds. The Labute approximate surface area is 149 Å². The second-order valence-corrected chi connectivity index (χ2v) is 5.90. The van der Waals surface area contributed by atoms with E-state index >= 15 is 0 Å². The van der Waals surface area contributed by atoms with Crippen LogP contribution in [0.3, 0.4) is 0 Å². The van der Waals surface area contributed by atoms with Crippen LogP contribution >= 0.6 is 0 Å². The van der Waals surface area contributed by atoms with E-state index in [1.54, 1.807) is 0 Å². The van der Waals surface area contributed by atoms with Gasteiger partial charge in [-0.1, -0.05) is 12.1 Å². The average Bonchev–Trinajstić information content (AvgIpc) is 2.59. The molecule has 2 aromatic rings. The largest absolute Gasteiger partial charge is 0.466 e. The molecule has 0 bridgehead atoms. The Morgan fingerprint density at radius 2 is 1.74 bits per heavy atom. The predicted molar refractivity (Wildman–Crippen MR) is 89.3 cm³/mol. The maximum absolute atomic E-state index is 12.8. The molecule has 1 atom stereocenters. The molecule has 0 radical (unpaired) electrons. The minimum Gasteiger partial charge on any atom is -0.466 e. The number of hydrogen-bond donors (Lipinski definition) is 3. The summed E-state index contributed by atoms with van der Waals surface area (Å²) < 4.78 is 43.3. The first-order valence-electron chi connectivity index (χ1n) is 7.73. The number of aromatic nitrogens is 2. The molecule has 0 saturated heterocycles. The third-order valence-corrected chi connectivity index (χ3v) is 4.25. The van der Waals surface area contributed by atoms with Crippen LogP contribution in [0.5, 0.6) is 0 Å². The lowest BCUT2D eigenvalue weighted by atomic mass is 9.82. The molecule has 10 heteroatoms. The van der Waals surface area contributed by atoms with Gasteiger partial charge >= 0.3 is 17.8 Å². The number of fused-ring (bicyclic) bond motifs is 1. The first kappa shape index (κ1) is 18.5. The summed E-state index contributed by atoms with van der Waals surface area (Å²) in [4.78, 5) is 40.7. The third kappa shape index (κ3) is 3.25. The summed E-state index contributed by atoms with van der Waals surface area (Å²) in [5, 5.41) is 2.77. The molecule has 0 spiro atoms. The Balaban J connectivity index is 2.25. The number of benzene rings is 1. The molecule has 142 valence electrons. The van der Waals surface area contributed by atoms with Gasteiger partial charge in [-0.15, -0.1) is 0 Å². The first-order valence-corrected chi connectivity index (χ1v) is 7.73. The zero-order chi connectivity index (χ0) is 19.9. The minimum absolute atomic E-state index is 0.000332. The van der Waals surface area contributed by atoms with Crippen molar-refractivity contribution >= 4 is 11.8 Å². The Morgan fingerprint density at radius 3 is 2.30 bits per heavy atom. The highest BCUT2D eigenvalue weighted by atomic mass is 19.4. The molecule has 0 fully saturated rings. The zero-order valence-corrected chi connectivity index (χ0v) is 14.2. The number of ether oxygens (including phenoxy) is 1. The molecule has 1 aromatic heterocycles. The van der Waals surface area contributed by atoms with Gasteiger partial charge < -0.3 is 10.1 Å². The molecule has 1 aliphatic rings. The van der Waals surface area contributed by atoms with Gasteiger partial charge in [0.15, 0.2) is 0 Å². The summed E-state index contributed by atoms with van der Waals surface area (Å²) in [6.07, 6.45) is -4.52. The molecule has 0 saturated carbocycles. The number of esters is 1. The fraction of sp³-hybridized carbons (Fsp3) is 0.235. The summed E-state index contributed by atoms with van der Waals surface area (Å²) in [7, 11) is 1.15. The van der Waals surface area contributed by atoms with Gasteiger partial charge in [0, 0.05) is 5.70 Å². The van der Waals surface area contributed by atoms with Crippen molar-refractivity contribution in [2.75, 3.05) is 12.4 Å². The van der Waals surface area contributed by atoms with Crippen LogP contribution in [0, 0.1) is 0 Å². The molecular formula is C17H14F3N3O4. The van der Waals surface area contributed by atoms with Gasteiger partial charge in [0.2, 0.25) is 0 Å². The number of halogens is 3. The topological polar surface area (TPSA) is 104 Å². The number of carbonyl (C=O) groups is 1. The molecular weight excluding hydrogens is 367 g/mol. The van der Waals surface area contributed by atoms with Crippen LogP contribution in [0.25, 0.3) is 0 Å². The quantitative estimate of drug-likeness (QED) is 0.691. The Kier molecular flexibility index (Phi) is 4.42. The van der Waals surface area contributed by atoms with Crippen LogP contribution in [0.15, 0.2) is 45.1 Å². The summed E-state index contributed by atoms with van der Waals surface area (Å²) >= 11 is 0. The van der Waals surface area contributed by atoms with Crippen molar-refractivity contribution in [1.82, 2.24) is 9.97 Å². The summed E-state index contributed by atoms with van der Waals surface area (Å²) in [5.41, 5.74) is -1.76. The van der Waals surface area contributed by atoms with Gasteiger partial charge in [0.1, 0.15) is 5.82 Å². The van der Waals surface area contributed by atoms with Crippen molar-refractivity contribution in [3.63, 3.8) is 0 Å². The standard InChI is InChI=1S/C17H14F3N3O4/c1-7-10(15(25)27-2)11(8-3-5-9(6-4-8)17(18,19)20)12-13(21-7)22-16(26)23-14(12)24/h3-6,11H,1-2H3,(H3,21,22,23,24,26)/t11-/m1/s1. The number of alkyl halides is 3. The van der Waals surface area contributed by atoms with Crippen molar-refractivity contribution < 1.29 is 22.7 Å². The van der Waals surface area contributed by atoms with Crippen molar-refractivity contribution in [1.29, 1.82) is 0 Å². The van der Waals surface area contributed by atoms with Crippen LogP contribution in [0.2, 0.25) is 0 Å². The number of H-pyrrole nitrogens is 2. The smallest absolute Gasteiger partial charge is 0.416 e. The summed E-state index contributed by atoms with van der Waals surface area (Å²) in [6.45, 7) is 1.53. The van der Waals surface area contributed by atoms with Crippen LogP contribution in [-0.4, -0.2) is 23.0 Å². The van der Waals surface area contributed by atoms with Crippen LogP contribution in [0.1, 0.15) is 29.5 Å². The summed E-state index contributed by atoms with van der Waals surface area (Å²) in [6, 6.07) is 4.09. The Morgan fingerprint density at radius 1 is 1.11 bits per heavy atom. The van der Waals surface area contributed by atoms with E-state index in [1.807, 2.05) is 0 Å². The Hall–Kier alpha value is -3.30. The van der Waals surface area contributed by atoms with E-state index in [0.717, 1.165) is 19.2 Å². The van der Waals surface area contributed by atoms with Crippen molar-refractivity contribution in [3.8, 4) is 0 Å². The number of anilines is 1. The molecule has 3 N–H and O–H groups in total. The van der Waals surface area contributed by atoms with Gasteiger partial charge in [0.05, 0.1) is 29.7 Å². The number of allylic oxidation sites excluding steroid dienone is 1. The fourth-order valence-corrected chi connectivity index (χ4v) is 3.06. The average molecular weight is 381 g/mol. The number of nitrogens with one attached hydrogen (secondary N) is 3. The zero-order valence-electron chi connectivity index (χ0n) is 14.2. The SMILES string of the molecule is COC(=O)C1=C(C)Nc2[nH]c(=O)[nH]c(=O)c2[C@@H]1c1ccc(C(F)(F)F)cc1. The first-order chi connectivity index (χ1) is 12.6. The minimum atomic E-state index is -4.52. The third-order valence-electron chi connectivity index (χ3n) is 4.25. The van der Waals surface area contributed by atoms with Crippen molar-refractivity contribution in [2.45, 2.75) is 19.0 Å². The van der Waals surface area contributed by atoms with Crippen molar-refractivity contribution in [3.05, 3.63) is 73.1 Å². The van der Waals surface area contributed by atoms with Crippen LogP contribution in [0.4, 0.5) is 19.0 Å². The number of rotatable bonds is 2. The van der Waals surface area contributed by atoms with Gasteiger partial charge in [-0.05, 0) is 24.6 Å². The molecule has 27 heavy (non-hydrogen) atoms.